The molecule has 1 fully saturated rings. The summed E-state index contributed by atoms with van der Waals surface area (Å²) in [5.74, 6) is 0.639. The second-order valence-corrected chi connectivity index (χ2v) is 7.01. The highest BCUT2D eigenvalue weighted by atomic mass is 32.1. The highest BCUT2D eigenvalue weighted by molar-refractivity contribution is 7.10. The Kier molecular flexibility index (Phi) is 5.31. The second-order valence-electron chi connectivity index (χ2n) is 6.03. The molecule has 0 spiro atoms. The molecule has 1 aliphatic carbocycles. The lowest BCUT2D eigenvalue weighted by atomic mass is 10.2. The Morgan fingerprint density at radius 1 is 1.26 bits per heavy atom. The number of benzene rings is 1. The molecule has 1 aliphatic rings. The Bertz CT molecular complexity index is 611. The average molecular weight is 330 g/mol. The third-order valence-electron chi connectivity index (χ3n) is 4.01. The van der Waals surface area contributed by atoms with Crippen molar-refractivity contribution < 1.29 is 9.90 Å². The summed E-state index contributed by atoms with van der Waals surface area (Å²) in [6.07, 6.45) is 1.76. The minimum absolute atomic E-state index is 0.101. The fraction of sp³-hybridized carbons (Fsp3) is 0.389. The van der Waals surface area contributed by atoms with Crippen LogP contribution in [0.4, 0.5) is 4.79 Å². The maximum absolute atomic E-state index is 12.5. The third-order valence-corrected chi connectivity index (χ3v) is 4.98. The van der Waals surface area contributed by atoms with Gasteiger partial charge < -0.3 is 15.3 Å². The second kappa shape index (κ2) is 7.62. The Hall–Kier alpha value is -1.85. The molecule has 0 radical (unpaired) electrons. The van der Waals surface area contributed by atoms with Gasteiger partial charge in [-0.05, 0) is 35.8 Å². The van der Waals surface area contributed by atoms with Gasteiger partial charge in [0.15, 0.2) is 0 Å². The van der Waals surface area contributed by atoms with Crippen molar-refractivity contribution in [3.05, 3.63) is 58.3 Å². The Morgan fingerprint density at radius 3 is 2.70 bits per heavy atom. The minimum Gasteiger partial charge on any atom is -0.386 e. The van der Waals surface area contributed by atoms with Crippen molar-refractivity contribution in [2.24, 2.45) is 5.92 Å². The molecule has 4 nitrogen and oxygen atoms in total. The summed E-state index contributed by atoms with van der Waals surface area (Å²) in [5, 5.41) is 15.3. The van der Waals surface area contributed by atoms with E-state index in [1.165, 1.54) is 24.2 Å². The molecule has 23 heavy (non-hydrogen) atoms. The van der Waals surface area contributed by atoms with Crippen molar-refractivity contribution in [1.82, 2.24) is 10.2 Å². The lowest BCUT2D eigenvalue weighted by molar-refractivity contribution is 0.120. The van der Waals surface area contributed by atoms with Gasteiger partial charge >= 0.3 is 6.03 Å². The number of hydrogen-bond acceptors (Lipinski definition) is 3. The molecule has 0 saturated heterocycles. The number of nitrogens with zero attached hydrogens (tertiary/aromatic N) is 1. The van der Waals surface area contributed by atoms with Crippen molar-refractivity contribution in [2.45, 2.75) is 25.5 Å². The summed E-state index contributed by atoms with van der Waals surface area (Å²) in [4.78, 5) is 15.1. The number of thiophene rings is 1. The van der Waals surface area contributed by atoms with Crippen LogP contribution in [-0.4, -0.2) is 29.1 Å². The van der Waals surface area contributed by atoms with Crippen molar-refractivity contribution in [3.8, 4) is 0 Å². The van der Waals surface area contributed by atoms with Gasteiger partial charge in [-0.3, -0.25) is 0 Å². The van der Waals surface area contributed by atoms with E-state index < -0.39 is 6.10 Å². The molecular formula is C18H22N2O2S. The summed E-state index contributed by atoms with van der Waals surface area (Å²) in [7, 11) is 0. The number of nitrogens with one attached hydrogen (secondary N) is 1. The highest BCUT2D eigenvalue weighted by Gasteiger charge is 2.24. The molecule has 2 aromatic rings. The van der Waals surface area contributed by atoms with Crippen molar-refractivity contribution in [1.29, 1.82) is 0 Å². The fourth-order valence-corrected chi connectivity index (χ4v) is 3.17. The number of aliphatic hydroxyl groups is 1. The van der Waals surface area contributed by atoms with Crippen LogP contribution in [-0.2, 0) is 6.54 Å². The molecule has 1 unspecified atom stereocenters. The minimum atomic E-state index is -0.648. The zero-order valence-corrected chi connectivity index (χ0v) is 13.8. The molecule has 0 aliphatic heterocycles. The van der Waals surface area contributed by atoms with E-state index in [2.05, 4.69) is 5.32 Å². The van der Waals surface area contributed by atoms with Gasteiger partial charge in [-0.25, -0.2) is 4.79 Å². The van der Waals surface area contributed by atoms with Gasteiger partial charge in [0.2, 0.25) is 0 Å². The fourth-order valence-electron chi connectivity index (χ4n) is 2.47. The average Bonchev–Trinajstić information content (AvgIpc) is 3.23. The number of hydrogen-bond donors (Lipinski definition) is 2. The first-order chi connectivity index (χ1) is 11.2. The largest absolute Gasteiger partial charge is 0.386 e. The quantitative estimate of drug-likeness (QED) is 0.817. The first-order valence-corrected chi connectivity index (χ1v) is 8.88. The number of carbonyl (C=O) groups is 1. The van der Waals surface area contributed by atoms with Crippen LogP contribution in [0.15, 0.2) is 47.8 Å². The van der Waals surface area contributed by atoms with Gasteiger partial charge in [0.1, 0.15) is 6.10 Å². The maximum atomic E-state index is 12.5. The topological polar surface area (TPSA) is 52.6 Å². The Balaban J connectivity index is 1.65. The number of carbonyl (C=O) groups excluding carboxylic acids is 1. The first-order valence-electron chi connectivity index (χ1n) is 8.00. The van der Waals surface area contributed by atoms with Gasteiger partial charge in [0.05, 0.1) is 6.54 Å². The molecule has 1 heterocycles. The van der Waals surface area contributed by atoms with Crippen molar-refractivity contribution in [2.75, 3.05) is 13.1 Å². The van der Waals surface area contributed by atoms with E-state index in [1.807, 2.05) is 47.8 Å². The Morgan fingerprint density at radius 2 is 2.04 bits per heavy atom. The molecule has 2 N–H and O–H groups in total. The summed E-state index contributed by atoms with van der Waals surface area (Å²) >= 11 is 1.51. The van der Waals surface area contributed by atoms with Crippen LogP contribution in [0.5, 0.6) is 0 Å². The van der Waals surface area contributed by atoms with E-state index in [4.69, 9.17) is 0 Å². The van der Waals surface area contributed by atoms with Crippen LogP contribution in [0.25, 0.3) is 0 Å². The SMILES string of the molecule is O=C(NCC1CC1)N(Cc1ccccc1)CC(O)c1cccs1. The van der Waals surface area contributed by atoms with E-state index in [1.54, 1.807) is 4.90 Å². The first kappa shape index (κ1) is 16.0. The molecule has 1 aromatic carbocycles. The van der Waals surface area contributed by atoms with Gasteiger partial charge in [0.25, 0.3) is 0 Å². The third kappa shape index (κ3) is 4.81. The molecule has 1 aromatic heterocycles. The van der Waals surface area contributed by atoms with Crippen LogP contribution < -0.4 is 5.32 Å². The monoisotopic (exact) mass is 330 g/mol. The normalized spacial score (nSPS) is 15.2. The number of urea groups is 1. The van der Waals surface area contributed by atoms with Crippen LogP contribution >= 0.6 is 11.3 Å². The van der Waals surface area contributed by atoms with Gasteiger partial charge in [-0.2, -0.15) is 0 Å². The summed E-state index contributed by atoms with van der Waals surface area (Å²) in [6.45, 7) is 1.53. The smallest absolute Gasteiger partial charge is 0.317 e. The summed E-state index contributed by atoms with van der Waals surface area (Å²) in [5.41, 5.74) is 1.06. The standard InChI is InChI=1S/C18H22N2O2S/c21-16(17-7-4-10-23-17)13-20(12-15-5-2-1-3-6-15)18(22)19-11-14-8-9-14/h1-7,10,14,16,21H,8-9,11-13H2,(H,19,22). The number of rotatable bonds is 7. The zero-order valence-electron chi connectivity index (χ0n) is 13.0. The summed E-state index contributed by atoms with van der Waals surface area (Å²) < 4.78 is 0. The van der Waals surface area contributed by atoms with E-state index in [0.29, 0.717) is 19.0 Å². The van der Waals surface area contributed by atoms with Crippen molar-refractivity contribution in [3.63, 3.8) is 0 Å². The predicted molar refractivity (Wildman–Crippen MR) is 92.3 cm³/mol. The van der Waals surface area contributed by atoms with Crippen molar-refractivity contribution >= 4 is 17.4 Å². The maximum Gasteiger partial charge on any atom is 0.317 e. The lowest BCUT2D eigenvalue weighted by Gasteiger charge is -2.25. The molecule has 1 saturated carbocycles. The summed E-state index contributed by atoms with van der Waals surface area (Å²) in [6, 6.07) is 13.6. The molecule has 3 rings (SSSR count). The van der Waals surface area contributed by atoms with Crippen LogP contribution in [0.3, 0.4) is 0 Å². The van der Waals surface area contributed by atoms with E-state index in [9.17, 15) is 9.90 Å². The molecule has 122 valence electrons. The highest BCUT2D eigenvalue weighted by Crippen LogP contribution is 2.27. The molecule has 2 amide bonds. The van der Waals surface area contributed by atoms with Gasteiger partial charge in [0, 0.05) is 18.0 Å². The number of aliphatic hydroxyl groups excluding tert-OH is 1. The van der Waals surface area contributed by atoms with Gasteiger partial charge in [-0.1, -0.05) is 36.4 Å². The van der Waals surface area contributed by atoms with E-state index >= 15 is 0 Å². The predicted octanol–water partition coefficient (Wildman–Crippen LogP) is 3.40. The lowest BCUT2D eigenvalue weighted by Crippen LogP contribution is -2.42. The Labute approximate surface area is 140 Å². The van der Waals surface area contributed by atoms with Gasteiger partial charge in [-0.15, -0.1) is 11.3 Å². The molecule has 0 bridgehead atoms. The molecule has 5 heteroatoms. The zero-order chi connectivity index (χ0) is 16.1. The molecular weight excluding hydrogens is 308 g/mol. The van der Waals surface area contributed by atoms with Crippen LogP contribution in [0.1, 0.15) is 29.4 Å². The molecule has 1 atom stereocenters. The van der Waals surface area contributed by atoms with E-state index in [0.717, 1.165) is 17.0 Å². The van der Waals surface area contributed by atoms with E-state index in [-0.39, 0.29) is 6.03 Å². The number of amides is 2. The van der Waals surface area contributed by atoms with Crippen LogP contribution in [0, 0.1) is 5.92 Å². The van der Waals surface area contributed by atoms with Crippen LogP contribution in [0.2, 0.25) is 0 Å².